The Morgan fingerprint density at radius 2 is 1.48 bits per heavy atom. The molecule has 0 saturated carbocycles. The van der Waals surface area contributed by atoms with Gasteiger partial charge in [-0.1, -0.05) is 36.4 Å². The Morgan fingerprint density at radius 1 is 0.926 bits per heavy atom. The first-order valence-corrected chi connectivity index (χ1v) is 8.44. The van der Waals surface area contributed by atoms with Crippen molar-refractivity contribution in [1.82, 2.24) is 0 Å². The molecule has 3 rings (SSSR count). The molecule has 0 radical (unpaired) electrons. The lowest BCUT2D eigenvalue weighted by molar-refractivity contribution is -0.140. The third-order valence-electron chi connectivity index (χ3n) is 4.20. The molecule has 1 saturated heterocycles. The zero-order valence-corrected chi connectivity index (χ0v) is 14.7. The number of esters is 2. The molecule has 1 aliphatic rings. The molecule has 0 spiro atoms. The van der Waals surface area contributed by atoms with Gasteiger partial charge in [-0.3, -0.25) is 0 Å². The lowest BCUT2D eigenvalue weighted by Crippen LogP contribution is -2.40. The monoisotopic (exact) mass is 372 g/mol. The van der Waals surface area contributed by atoms with Gasteiger partial charge in [0.1, 0.15) is 18.8 Å². The van der Waals surface area contributed by atoms with Crippen LogP contribution in [0.4, 0.5) is 0 Å². The molecule has 7 nitrogen and oxygen atoms in total. The third-order valence-corrected chi connectivity index (χ3v) is 4.20. The predicted molar refractivity (Wildman–Crippen MR) is 94.0 cm³/mol. The van der Waals surface area contributed by atoms with Gasteiger partial charge in [0.05, 0.1) is 11.1 Å². The zero-order valence-electron chi connectivity index (χ0n) is 14.7. The summed E-state index contributed by atoms with van der Waals surface area (Å²) in [5.74, 6) is -1.12. The minimum atomic E-state index is -1.30. The van der Waals surface area contributed by atoms with Crippen LogP contribution in [-0.4, -0.2) is 55.4 Å². The number of aliphatic hydroxyl groups excluding tert-OH is 1. The first-order valence-electron chi connectivity index (χ1n) is 8.44. The van der Waals surface area contributed by atoms with Gasteiger partial charge >= 0.3 is 11.9 Å². The Bertz CT molecular complexity index is 762. The van der Waals surface area contributed by atoms with Crippen LogP contribution >= 0.6 is 0 Å². The Kier molecular flexibility index (Phi) is 6.18. The number of hydrogen-bond donors (Lipinski definition) is 1. The van der Waals surface area contributed by atoms with Crippen molar-refractivity contribution in [3.05, 3.63) is 71.8 Å². The minimum absolute atomic E-state index is 0.197. The molecular formula is C20H20O7. The highest BCUT2D eigenvalue weighted by molar-refractivity contribution is 5.90. The molecule has 0 amide bonds. The third kappa shape index (κ3) is 4.51. The van der Waals surface area contributed by atoms with Gasteiger partial charge in [0.25, 0.3) is 0 Å². The van der Waals surface area contributed by atoms with Crippen LogP contribution in [0.5, 0.6) is 0 Å². The van der Waals surface area contributed by atoms with E-state index >= 15 is 0 Å². The lowest BCUT2D eigenvalue weighted by atomic mass is 10.1. The SMILES string of the molecule is COC1[C@H](O)O[C@H](COC(=O)c2ccccc2)[C@@H]1OC(=O)c1ccccc1. The normalized spacial score (nSPS) is 24.4. The first kappa shape index (κ1) is 19.0. The second kappa shape index (κ2) is 8.77. The van der Waals surface area contributed by atoms with Gasteiger partial charge < -0.3 is 24.1 Å². The highest BCUT2D eigenvalue weighted by Crippen LogP contribution is 2.26. The molecule has 1 N–H and O–H groups in total. The van der Waals surface area contributed by atoms with E-state index < -0.39 is 36.5 Å². The highest BCUT2D eigenvalue weighted by atomic mass is 16.7. The number of benzene rings is 2. The topological polar surface area (TPSA) is 91.3 Å². The van der Waals surface area contributed by atoms with Gasteiger partial charge in [0.15, 0.2) is 12.4 Å². The molecule has 0 bridgehead atoms. The molecule has 7 heteroatoms. The summed E-state index contributed by atoms with van der Waals surface area (Å²) in [7, 11) is 1.37. The van der Waals surface area contributed by atoms with E-state index in [-0.39, 0.29) is 6.61 Å². The van der Waals surface area contributed by atoms with Crippen molar-refractivity contribution in [2.24, 2.45) is 0 Å². The van der Waals surface area contributed by atoms with Gasteiger partial charge in [0, 0.05) is 7.11 Å². The average Bonchev–Trinajstić information content (AvgIpc) is 3.01. The number of rotatable bonds is 6. The second-order valence-electron chi connectivity index (χ2n) is 5.97. The van der Waals surface area contributed by atoms with Crippen molar-refractivity contribution in [2.75, 3.05) is 13.7 Å². The van der Waals surface area contributed by atoms with Crippen molar-refractivity contribution in [1.29, 1.82) is 0 Å². The summed E-state index contributed by atoms with van der Waals surface area (Å²) >= 11 is 0. The molecule has 142 valence electrons. The minimum Gasteiger partial charge on any atom is -0.459 e. The van der Waals surface area contributed by atoms with Gasteiger partial charge in [0.2, 0.25) is 0 Å². The maximum absolute atomic E-state index is 12.4. The molecule has 1 heterocycles. The fourth-order valence-corrected chi connectivity index (χ4v) is 2.82. The van der Waals surface area contributed by atoms with Crippen LogP contribution in [0.15, 0.2) is 60.7 Å². The number of carbonyl (C=O) groups excluding carboxylic acids is 2. The maximum atomic E-state index is 12.4. The Hall–Kier alpha value is -2.74. The van der Waals surface area contributed by atoms with Crippen LogP contribution in [0.25, 0.3) is 0 Å². The summed E-state index contributed by atoms with van der Waals surface area (Å²) in [4.78, 5) is 24.5. The van der Waals surface area contributed by atoms with Crippen molar-refractivity contribution in [2.45, 2.75) is 24.6 Å². The van der Waals surface area contributed by atoms with Crippen molar-refractivity contribution in [3.63, 3.8) is 0 Å². The van der Waals surface area contributed by atoms with E-state index in [2.05, 4.69) is 0 Å². The van der Waals surface area contributed by atoms with Gasteiger partial charge in [-0.05, 0) is 24.3 Å². The number of ether oxygens (including phenoxy) is 4. The summed E-state index contributed by atoms with van der Waals surface area (Å²) in [5.41, 5.74) is 0.742. The molecule has 1 aliphatic heterocycles. The van der Waals surface area contributed by atoms with Crippen LogP contribution in [0.2, 0.25) is 0 Å². The summed E-state index contributed by atoms with van der Waals surface area (Å²) in [5, 5.41) is 10.0. The summed E-state index contributed by atoms with van der Waals surface area (Å²) in [6, 6.07) is 16.9. The molecule has 2 aromatic carbocycles. The van der Waals surface area contributed by atoms with E-state index in [4.69, 9.17) is 18.9 Å². The average molecular weight is 372 g/mol. The number of aliphatic hydroxyl groups is 1. The molecule has 0 aliphatic carbocycles. The maximum Gasteiger partial charge on any atom is 0.338 e. The van der Waals surface area contributed by atoms with Crippen LogP contribution in [0.1, 0.15) is 20.7 Å². The van der Waals surface area contributed by atoms with E-state index in [9.17, 15) is 14.7 Å². The summed E-state index contributed by atoms with van der Waals surface area (Å²) in [6.07, 6.45) is -3.98. The van der Waals surface area contributed by atoms with Crippen LogP contribution in [0, 0.1) is 0 Å². The van der Waals surface area contributed by atoms with E-state index in [0.717, 1.165) is 0 Å². The standard InChI is InChI=1S/C20H20O7/c1-24-17-16(27-19(22)14-10-6-3-7-11-14)15(26-20(17)23)12-25-18(21)13-8-4-2-5-9-13/h2-11,15-17,20,23H,12H2,1H3/t15-,16+,17?,20-/m1/s1. The second-order valence-corrected chi connectivity index (χ2v) is 5.97. The highest BCUT2D eigenvalue weighted by Gasteiger charge is 2.47. The van der Waals surface area contributed by atoms with Crippen LogP contribution in [0.3, 0.4) is 0 Å². The molecule has 1 unspecified atom stereocenters. The van der Waals surface area contributed by atoms with E-state index in [1.165, 1.54) is 7.11 Å². The Morgan fingerprint density at radius 3 is 2.04 bits per heavy atom. The molecule has 1 fully saturated rings. The number of carbonyl (C=O) groups is 2. The van der Waals surface area contributed by atoms with Gasteiger partial charge in [-0.2, -0.15) is 0 Å². The molecule has 27 heavy (non-hydrogen) atoms. The summed E-state index contributed by atoms with van der Waals surface area (Å²) in [6.45, 7) is -0.197. The van der Waals surface area contributed by atoms with E-state index in [0.29, 0.717) is 11.1 Å². The van der Waals surface area contributed by atoms with Crippen LogP contribution < -0.4 is 0 Å². The molecular weight excluding hydrogens is 352 g/mol. The Balaban J connectivity index is 1.67. The smallest absolute Gasteiger partial charge is 0.338 e. The predicted octanol–water partition coefficient (Wildman–Crippen LogP) is 1.80. The van der Waals surface area contributed by atoms with Crippen molar-refractivity contribution < 1.29 is 33.6 Å². The van der Waals surface area contributed by atoms with Crippen molar-refractivity contribution >= 4 is 11.9 Å². The molecule has 4 atom stereocenters. The lowest BCUT2D eigenvalue weighted by Gasteiger charge is -2.22. The quantitative estimate of drug-likeness (QED) is 0.773. The number of hydrogen-bond acceptors (Lipinski definition) is 7. The van der Waals surface area contributed by atoms with Gasteiger partial charge in [-0.25, -0.2) is 9.59 Å². The Labute approximate surface area is 156 Å². The fourth-order valence-electron chi connectivity index (χ4n) is 2.82. The first-order chi connectivity index (χ1) is 13.1. The summed E-state index contributed by atoms with van der Waals surface area (Å²) < 4.78 is 21.3. The van der Waals surface area contributed by atoms with Crippen molar-refractivity contribution in [3.8, 4) is 0 Å². The van der Waals surface area contributed by atoms with E-state index in [1.54, 1.807) is 60.7 Å². The van der Waals surface area contributed by atoms with E-state index in [1.807, 2.05) is 0 Å². The molecule has 0 aromatic heterocycles. The number of methoxy groups -OCH3 is 1. The van der Waals surface area contributed by atoms with Gasteiger partial charge in [-0.15, -0.1) is 0 Å². The molecule has 2 aromatic rings. The zero-order chi connectivity index (χ0) is 19.2. The largest absolute Gasteiger partial charge is 0.459 e. The van der Waals surface area contributed by atoms with Crippen LogP contribution in [-0.2, 0) is 18.9 Å². The fraction of sp³-hybridized carbons (Fsp3) is 0.300.